The van der Waals surface area contributed by atoms with E-state index in [0.717, 1.165) is 0 Å². The van der Waals surface area contributed by atoms with Crippen molar-refractivity contribution in [2.24, 2.45) is 5.84 Å². The first kappa shape index (κ1) is 12.3. The van der Waals surface area contributed by atoms with Crippen LogP contribution in [0.25, 0.3) is 0 Å². The summed E-state index contributed by atoms with van der Waals surface area (Å²) in [5.74, 6) is 4.59. The highest BCUT2D eigenvalue weighted by atomic mass is 16.5. The number of hydrogen-bond acceptors (Lipinski definition) is 4. The second-order valence-corrected chi connectivity index (χ2v) is 2.94. The minimum absolute atomic E-state index is 0.183. The van der Waals surface area contributed by atoms with Crippen LogP contribution < -0.4 is 11.3 Å². The van der Waals surface area contributed by atoms with Crippen LogP contribution in [-0.4, -0.2) is 31.3 Å². The third-order valence-electron chi connectivity index (χ3n) is 1.41. The van der Waals surface area contributed by atoms with Gasteiger partial charge in [-0.2, -0.15) is 0 Å². The summed E-state index contributed by atoms with van der Waals surface area (Å²) in [6.45, 7) is 6.40. The van der Waals surface area contributed by atoms with E-state index in [2.05, 4.69) is 0 Å². The van der Waals surface area contributed by atoms with Crippen LogP contribution in [0.5, 0.6) is 0 Å². The van der Waals surface area contributed by atoms with Crippen molar-refractivity contribution in [3.05, 3.63) is 0 Å². The predicted molar refractivity (Wildman–Crippen MR) is 48.8 cm³/mol. The third-order valence-corrected chi connectivity index (χ3v) is 1.41. The fourth-order valence-corrected chi connectivity index (χ4v) is 0.702. The van der Waals surface area contributed by atoms with Gasteiger partial charge in [0.25, 0.3) is 5.91 Å². The Kier molecular flexibility index (Phi) is 6.48. The summed E-state index contributed by atoms with van der Waals surface area (Å²) in [5, 5.41) is 0. The van der Waals surface area contributed by atoms with Gasteiger partial charge in [-0.1, -0.05) is 0 Å². The van der Waals surface area contributed by atoms with Gasteiger partial charge in [-0.15, -0.1) is 0 Å². The van der Waals surface area contributed by atoms with Crippen LogP contribution in [0.15, 0.2) is 0 Å². The molecule has 5 nitrogen and oxygen atoms in total. The van der Waals surface area contributed by atoms with Gasteiger partial charge < -0.3 is 9.47 Å². The van der Waals surface area contributed by atoms with E-state index >= 15 is 0 Å². The quantitative estimate of drug-likeness (QED) is 0.263. The molecular weight excluding hydrogens is 172 g/mol. The van der Waals surface area contributed by atoms with Crippen LogP contribution in [0.4, 0.5) is 0 Å². The number of nitrogens with two attached hydrogens (primary N) is 1. The highest BCUT2D eigenvalue weighted by Gasteiger charge is 2.10. The number of carbonyl (C=O) groups is 1. The summed E-state index contributed by atoms with van der Waals surface area (Å²) in [4.78, 5) is 10.8. The van der Waals surface area contributed by atoms with Gasteiger partial charge in [0, 0.05) is 0 Å². The molecule has 0 aromatic carbocycles. The molecule has 3 N–H and O–H groups in total. The van der Waals surface area contributed by atoms with Gasteiger partial charge in [-0.25, -0.2) is 5.84 Å². The summed E-state index contributed by atoms with van der Waals surface area (Å²) < 4.78 is 10.3. The van der Waals surface area contributed by atoms with Crippen molar-refractivity contribution in [3.8, 4) is 0 Å². The van der Waals surface area contributed by atoms with Crippen molar-refractivity contribution < 1.29 is 14.3 Å². The second kappa shape index (κ2) is 6.82. The van der Waals surface area contributed by atoms with E-state index in [0.29, 0.717) is 13.2 Å². The van der Waals surface area contributed by atoms with Crippen molar-refractivity contribution >= 4 is 5.91 Å². The molecule has 0 fully saturated rings. The second-order valence-electron chi connectivity index (χ2n) is 2.94. The zero-order valence-corrected chi connectivity index (χ0v) is 8.37. The first-order valence-electron chi connectivity index (χ1n) is 4.31. The van der Waals surface area contributed by atoms with Crippen molar-refractivity contribution in [2.75, 3.05) is 13.2 Å². The monoisotopic (exact) mass is 190 g/mol. The van der Waals surface area contributed by atoms with Gasteiger partial charge in [-0.05, 0) is 20.8 Å². The Morgan fingerprint density at radius 1 is 1.31 bits per heavy atom. The van der Waals surface area contributed by atoms with Crippen molar-refractivity contribution in [2.45, 2.75) is 33.0 Å². The first-order chi connectivity index (χ1) is 6.07. The average molecular weight is 190 g/mol. The van der Waals surface area contributed by atoms with Gasteiger partial charge in [0.15, 0.2) is 0 Å². The zero-order valence-electron chi connectivity index (χ0n) is 8.37. The van der Waals surface area contributed by atoms with E-state index in [4.69, 9.17) is 15.3 Å². The zero-order chi connectivity index (χ0) is 10.3. The Hall–Kier alpha value is -0.650. The number of hydrogen-bond donors (Lipinski definition) is 2. The molecule has 0 aliphatic rings. The Labute approximate surface area is 78.5 Å². The standard InChI is InChI=1S/C8H18N2O3/c1-6(2)12-4-5-13-7(3)8(11)10-9/h6-7H,4-5,9H2,1-3H3,(H,10,11). The molecule has 13 heavy (non-hydrogen) atoms. The number of nitrogens with one attached hydrogen (secondary N) is 1. The summed E-state index contributed by atoms with van der Waals surface area (Å²) in [7, 11) is 0. The van der Waals surface area contributed by atoms with E-state index in [9.17, 15) is 4.79 Å². The van der Waals surface area contributed by atoms with E-state index in [1.54, 1.807) is 6.92 Å². The van der Waals surface area contributed by atoms with Crippen molar-refractivity contribution in [1.82, 2.24) is 5.43 Å². The molecule has 0 spiro atoms. The summed E-state index contributed by atoms with van der Waals surface area (Å²) in [6.07, 6.45) is -0.344. The molecule has 0 rings (SSSR count). The number of carbonyl (C=O) groups excluding carboxylic acids is 1. The van der Waals surface area contributed by atoms with E-state index in [-0.39, 0.29) is 12.0 Å². The molecule has 0 saturated carbocycles. The molecule has 0 bridgehead atoms. The molecule has 5 heteroatoms. The molecule has 0 aliphatic carbocycles. The van der Waals surface area contributed by atoms with Crippen LogP contribution in [-0.2, 0) is 14.3 Å². The Bertz CT molecular complexity index is 150. The molecule has 0 saturated heterocycles. The molecule has 78 valence electrons. The largest absolute Gasteiger partial charge is 0.376 e. The maximum absolute atomic E-state index is 10.8. The fourth-order valence-electron chi connectivity index (χ4n) is 0.702. The fraction of sp³-hybridized carbons (Fsp3) is 0.875. The van der Waals surface area contributed by atoms with Gasteiger partial charge in [0.05, 0.1) is 19.3 Å². The Morgan fingerprint density at radius 3 is 2.31 bits per heavy atom. The molecule has 0 aromatic rings. The third kappa shape index (κ3) is 6.51. The topological polar surface area (TPSA) is 73.6 Å². The lowest BCUT2D eigenvalue weighted by molar-refractivity contribution is -0.133. The van der Waals surface area contributed by atoms with Gasteiger partial charge in [-0.3, -0.25) is 10.2 Å². The lowest BCUT2D eigenvalue weighted by Gasteiger charge is -2.12. The number of ether oxygens (including phenoxy) is 2. The van der Waals surface area contributed by atoms with Gasteiger partial charge >= 0.3 is 0 Å². The number of rotatable bonds is 6. The molecule has 0 heterocycles. The van der Waals surface area contributed by atoms with Crippen molar-refractivity contribution in [1.29, 1.82) is 0 Å². The Balaban J connectivity index is 3.37. The summed E-state index contributed by atoms with van der Waals surface area (Å²) >= 11 is 0. The van der Waals surface area contributed by atoms with Crippen LogP contribution in [0.3, 0.4) is 0 Å². The minimum Gasteiger partial charge on any atom is -0.376 e. The average Bonchev–Trinajstić information content (AvgIpc) is 2.10. The van der Waals surface area contributed by atoms with Gasteiger partial charge in [0.2, 0.25) is 0 Å². The lowest BCUT2D eigenvalue weighted by atomic mass is 10.4. The van der Waals surface area contributed by atoms with E-state index in [1.165, 1.54) is 0 Å². The molecule has 0 radical (unpaired) electrons. The molecule has 1 amide bonds. The maximum atomic E-state index is 10.8. The normalized spacial score (nSPS) is 13.0. The van der Waals surface area contributed by atoms with Crippen LogP contribution in [0.2, 0.25) is 0 Å². The lowest BCUT2D eigenvalue weighted by Crippen LogP contribution is -2.39. The van der Waals surface area contributed by atoms with Crippen LogP contribution in [0, 0.1) is 0 Å². The van der Waals surface area contributed by atoms with Crippen LogP contribution in [0.1, 0.15) is 20.8 Å². The summed E-state index contributed by atoms with van der Waals surface area (Å²) in [5.41, 5.74) is 2.01. The highest BCUT2D eigenvalue weighted by Crippen LogP contribution is 1.92. The molecule has 1 atom stereocenters. The molecular formula is C8H18N2O3. The smallest absolute Gasteiger partial charge is 0.262 e. The number of hydrazine groups is 1. The van der Waals surface area contributed by atoms with Crippen LogP contribution >= 0.6 is 0 Å². The SMILES string of the molecule is CC(C)OCCOC(C)C(=O)NN. The van der Waals surface area contributed by atoms with E-state index < -0.39 is 6.10 Å². The summed E-state index contributed by atoms with van der Waals surface area (Å²) in [6, 6.07) is 0. The molecule has 1 unspecified atom stereocenters. The highest BCUT2D eigenvalue weighted by molar-refractivity contribution is 5.79. The maximum Gasteiger partial charge on any atom is 0.262 e. The first-order valence-corrected chi connectivity index (χ1v) is 4.31. The number of amides is 1. The Morgan fingerprint density at radius 2 is 1.85 bits per heavy atom. The predicted octanol–water partition coefficient (Wildman–Crippen LogP) is -0.194. The van der Waals surface area contributed by atoms with Crippen molar-refractivity contribution in [3.63, 3.8) is 0 Å². The van der Waals surface area contributed by atoms with E-state index in [1.807, 2.05) is 19.3 Å². The van der Waals surface area contributed by atoms with Gasteiger partial charge in [0.1, 0.15) is 6.10 Å². The molecule has 0 aliphatic heterocycles. The minimum atomic E-state index is -0.527. The molecule has 0 aromatic heterocycles.